The van der Waals surface area contributed by atoms with E-state index in [0.717, 1.165) is 12.1 Å². The molecule has 0 unspecified atom stereocenters. The van der Waals surface area contributed by atoms with Gasteiger partial charge in [-0.3, -0.25) is 4.79 Å². The summed E-state index contributed by atoms with van der Waals surface area (Å²) in [6, 6.07) is 8.49. The molecule has 0 aliphatic carbocycles. The molecule has 158 valence electrons. The number of methoxy groups -OCH3 is 1. The van der Waals surface area contributed by atoms with Crippen LogP contribution in [0.15, 0.2) is 51.8 Å². The zero-order valence-electron chi connectivity index (χ0n) is 15.2. The van der Waals surface area contributed by atoms with Crippen LogP contribution in [0.2, 0.25) is 0 Å². The first-order valence-electron chi connectivity index (χ1n) is 8.27. The molecule has 0 aliphatic heterocycles. The van der Waals surface area contributed by atoms with Crippen molar-refractivity contribution in [2.45, 2.75) is 17.6 Å². The molecule has 1 amide bonds. The van der Waals surface area contributed by atoms with Crippen LogP contribution in [0, 0.1) is 0 Å². The maximum atomic E-state index is 12.8. The number of ether oxygens (including phenoxy) is 1. The second-order valence-electron chi connectivity index (χ2n) is 5.91. The topological polar surface area (TPSA) is 84.5 Å². The highest BCUT2D eigenvalue weighted by Crippen LogP contribution is 2.29. The first-order valence-corrected chi connectivity index (χ1v) is 10.5. The van der Waals surface area contributed by atoms with Crippen LogP contribution in [0.5, 0.6) is 0 Å². The molecule has 0 bridgehead atoms. The molecule has 0 saturated carbocycles. The zero-order valence-corrected chi connectivity index (χ0v) is 17.6. The largest absolute Gasteiger partial charge is 0.416 e. The fourth-order valence-electron chi connectivity index (χ4n) is 2.34. The Balaban J connectivity index is 2.15. The van der Waals surface area contributed by atoms with Crippen molar-refractivity contribution >= 4 is 31.9 Å². The van der Waals surface area contributed by atoms with Crippen molar-refractivity contribution in [2.24, 2.45) is 0 Å². The Bertz CT molecular complexity index is 981. The van der Waals surface area contributed by atoms with E-state index in [-0.39, 0.29) is 35.7 Å². The summed E-state index contributed by atoms with van der Waals surface area (Å²) < 4.78 is 70.4. The summed E-state index contributed by atoms with van der Waals surface area (Å²) in [5.74, 6) is -0.636. The number of hydrogen-bond acceptors (Lipinski definition) is 4. The smallest absolute Gasteiger partial charge is 0.383 e. The average molecular weight is 495 g/mol. The SMILES string of the molecule is COCCNS(=O)(=O)c1ccc(Br)c(C(=O)NCc2cccc(C(F)(F)F)c2)c1. The molecule has 0 aliphatic rings. The van der Waals surface area contributed by atoms with E-state index in [1.165, 1.54) is 37.4 Å². The predicted octanol–water partition coefficient (Wildman–Crippen LogP) is 3.32. The van der Waals surface area contributed by atoms with Crippen molar-refractivity contribution in [3.05, 3.63) is 63.6 Å². The summed E-state index contributed by atoms with van der Waals surface area (Å²) in [5, 5.41) is 2.49. The van der Waals surface area contributed by atoms with Crippen molar-refractivity contribution in [1.29, 1.82) is 0 Å². The van der Waals surface area contributed by atoms with Crippen molar-refractivity contribution in [1.82, 2.24) is 10.0 Å². The van der Waals surface area contributed by atoms with E-state index < -0.39 is 27.7 Å². The van der Waals surface area contributed by atoms with Crippen LogP contribution in [0.4, 0.5) is 13.2 Å². The minimum absolute atomic E-state index is 0.0339. The number of rotatable bonds is 8. The standard InChI is InChI=1S/C18H18BrF3N2O4S/c1-28-8-7-24-29(26,27)14-5-6-16(19)15(10-14)17(25)23-11-12-3-2-4-13(9-12)18(20,21)22/h2-6,9-10,24H,7-8,11H2,1H3,(H,23,25). The summed E-state index contributed by atoms with van der Waals surface area (Å²) in [6.07, 6.45) is -4.48. The van der Waals surface area contributed by atoms with Gasteiger partial charge in [-0.15, -0.1) is 0 Å². The lowest BCUT2D eigenvalue weighted by molar-refractivity contribution is -0.137. The van der Waals surface area contributed by atoms with Gasteiger partial charge >= 0.3 is 6.18 Å². The second-order valence-corrected chi connectivity index (χ2v) is 8.53. The van der Waals surface area contributed by atoms with E-state index in [1.54, 1.807) is 0 Å². The summed E-state index contributed by atoms with van der Waals surface area (Å²) in [4.78, 5) is 12.3. The number of alkyl halides is 3. The van der Waals surface area contributed by atoms with Crippen LogP contribution in [-0.4, -0.2) is 34.6 Å². The van der Waals surface area contributed by atoms with Gasteiger partial charge in [-0.25, -0.2) is 13.1 Å². The second kappa shape index (κ2) is 9.70. The zero-order chi connectivity index (χ0) is 21.7. The van der Waals surface area contributed by atoms with Crippen LogP contribution < -0.4 is 10.0 Å². The van der Waals surface area contributed by atoms with Gasteiger partial charge in [-0.1, -0.05) is 12.1 Å². The minimum Gasteiger partial charge on any atom is -0.383 e. The lowest BCUT2D eigenvalue weighted by Crippen LogP contribution is -2.28. The van der Waals surface area contributed by atoms with Crippen molar-refractivity contribution < 1.29 is 31.1 Å². The highest BCUT2D eigenvalue weighted by molar-refractivity contribution is 9.10. The van der Waals surface area contributed by atoms with Gasteiger partial charge in [0.2, 0.25) is 10.0 Å². The number of halogens is 4. The van der Waals surface area contributed by atoms with Gasteiger partial charge in [0, 0.05) is 24.7 Å². The predicted molar refractivity (Wildman–Crippen MR) is 104 cm³/mol. The number of benzene rings is 2. The van der Waals surface area contributed by atoms with Gasteiger partial charge in [0.15, 0.2) is 0 Å². The molecular formula is C18H18BrF3N2O4S. The highest BCUT2D eigenvalue weighted by Gasteiger charge is 2.30. The lowest BCUT2D eigenvalue weighted by Gasteiger charge is -2.12. The molecule has 0 saturated heterocycles. The number of sulfonamides is 1. The first kappa shape index (κ1) is 23.3. The Hall–Kier alpha value is -1.95. The maximum Gasteiger partial charge on any atom is 0.416 e. The molecule has 2 aromatic rings. The number of nitrogens with one attached hydrogen (secondary N) is 2. The molecule has 0 spiro atoms. The third kappa shape index (κ3) is 6.53. The molecular weight excluding hydrogens is 477 g/mol. The van der Waals surface area contributed by atoms with Crippen LogP contribution in [0.25, 0.3) is 0 Å². The van der Waals surface area contributed by atoms with Crippen molar-refractivity contribution in [3.8, 4) is 0 Å². The molecule has 0 aromatic heterocycles. The van der Waals surface area contributed by atoms with Gasteiger partial charge in [-0.2, -0.15) is 13.2 Å². The van der Waals surface area contributed by atoms with E-state index >= 15 is 0 Å². The van der Waals surface area contributed by atoms with Crippen molar-refractivity contribution in [2.75, 3.05) is 20.3 Å². The molecule has 0 radical (unpaired) electrons. The van der Waals surface area contributed by atoms with Gasteiger partial charge in [0.25, 0.3) is 5.91 Å². The average Bonchev–Trinajstić information content (AvgIpc) is 2.66. The fourth-order valence-corrected chi connectivity index (χ4v) is 3.81. The number of amides is 1. The first-order chi connectivity index (χ1) is 13.5. The van der Waals surface area contributed by atoms with Crippen molar-refractivity contribution in [3.63, 3.8) is 0 Å². The summed E-state index contributed by atoms with van der Waals surface area (Å²) in [5.41, 5.74) is -0.526. The van der Waals surface area contributed by atoms with E-state index in [2.05, 4.69) is 26.0 Å². The molecule has 6 nitrogen and oxygen atoms in total. The molecule has 0 fully saturated rings. The highest BCUT2D eigenvalue weighted by atomic mass is 79.9. The van der Waals surface area contributed by atoms with Gasteiger partial charge in [-0.05, 0) is 51.8 Å². The van der Waals surface area contributed by atoms with E-state index in [4.69, 9.17) is 4.74 Å². The van der Waals surface area contributed by atoms with Crippen LogP contribution in [-0.2, 0) is 27.5 Å². The normalized spacial score (nSPS) is 12.0. The van der Waals surface area contributed by atoms with E-state index in [0.29, 0.717) is 4.47 Å². The molecule has 2 rings (SSSR count). The Labute approximate surface area is 174 Å². The maximum absolute atomic E-state index is 12.8. The number of carbonyl (C=O) groups excluding carboxylic acids is 1. The molecule has 0 atom stereocenters. The Morgan fingerprint density at radius 2 is 1.90 bits per heavy atom. The van der Waals surface area contributed by atoms with Crippen LogP contribution in [0.1, 0.15) is 21.5 Å². The van der Waals surface area contributed by atoms with Crippen LogP contribution >= 0.6 is 15.9 Å². The Kier molecular flexibility index (Phi) is 7.80. The summed E-state index contributed by atoms with van der Waals surface area (Å²) in [7, 11) is -2.42. The summed E-state index contributed by atoms with van der Waals surface area (Å²) >= 11 is 3.18. The minimum atomic E-state index is -4.48. The molecule has 2 aromatic carbocycles. The fraction of sp³-hybridized carbons (Fsp3) is 0.278. The van der Waals surface area contributed by atoms with Gasteiger partial charge in [0.1, 0.15) is 0 Å². The van der Waals surface area contributed by atoms with E-state index in [1.807, 2.05) is 0 Å². The van der Waals surface area contributed by atoms with E-state index in [9.17, 15) is 26.4 Å². The van der Waals surface area contributed by atoms with Gasteiger partial charge in [0.05, 0.1) is 22.6 Å². The molecule has 2 N–H and O–H groups in total. The van der Waals surface area contributed by atoms with Crippen LogP contribution in [0.3, 0.4) is 0 Å². The summed E-state index contributed by atoms with van der Waals surface area (Å²) in [6.45, 7) is 0.0876. The van der Waals surface area contributed by atoms with Gasteiger partial charge < -0.3 is 10.1 Å². The Morgan fingerprint density at radius 3 is 2.55 bits per heavy atom. The molecule has 11 heteroatoms. The Morgan fingerprint density at radius 1 is 1.17 bits per heavy atom. The third-order valence-corrected chi connectivity index (χ3v) is 5.95. The third-order valence-electron chi connectivity index (χ3n) is 3.80. The molecule has 29 heavy (non-hydrogen) atoms. The molecule has 0 heterocycles. The lowest BCUT2D eigenvalue weighted by atomic mass is 10.1. The number of carbonyl (C=O) groups is 1. The monoisotopic (exact) mass is 494 g/mol. The quantitative estimate of drug-likeness (QED) is 0.551. The number of hydrogen-bond donors (Lipinski definition) is 2.